The Morgan fingerprint density at radius 2 is 2.00 bits per heavy atom. The van der Waals surface area contributed by atoms with Gasteiger partial charge in [-0.25, -0.2) is 4.68 Å². The van der Waals surface area contributed by atoms with Crippen molar-refractivity contribution >= 4 is 22.4 Å². The van der Waals surface area contributed by atoms with Crippen molar-refractivity contribution in [3.8, 4) is 6.07 Å². The molecule has 180 valence electrons. The number of rotatable bonds is 6. The van der Waals surface area contributed by atoms with Crippen LogP contribution in [0.4, 0.5) is 11.5 Å². The van der Waals surface area contributed by atoms with Crippen molar-refractivity contribution in [2.24, 2.45) is 5.92 Å². The minimum atomic E-state index is -1.04. The molecule has 1 saturated carbocycles. The smallest absolute Gasteiger partial charge is 0.261 e. The van der Waals surface area contributed by atoms with E-state index in [0.29, 0.717) is 23.4 Å². The van der Waals surface area contributed by atoms with Crippen molar-refractivity contribution in [2.45, 2.75) is 57.7 Å². The summed E-state index contributed by atoms with van der Waals surface area (Å²) in [5, 5.41) is 36.4. The maximum Gasteiger partial charge on any atom is 0.261 e. The average Bonchev–Trinajstić information content (AvgIpc) is 3.46. The minimum Gasteiger partial charge on any atom is -0.384 e. The first kappa shape index (κ1) is 22.8. The molecule has 1 aliphatic rings. The predicted molar refractivity (Wildman–Crippen MR) is 131 cm³/mol. The molecule has 0 amide bonds. The Morgan fingerprint density at radius 3 is 2.71 bits per heavy atom. The highest BCUT2D eigenvalue weighted by atomic mass is 16.3. The summed E-state index contributed by atoms with van der Waals surface area (Å²) in [5.74, 6) is 0.356. The van der Waals surface area contributed by atoms with E-state index >= 15 is 0 Å². The fourth-order valence-corrected chi connectivity index (χ4v) is 4.67. The quantitative estimate of drug-likeness (QED) is 0.390. The van der Waals surface area contributed by atoms with E-state index < -0.39 is 5.60 Å². The van der Waals surface area contributed by atoms with E-state index in [4.69, 9.17) is 5.10 Å². The lowest BCUT2D eigenvalue weighted by Crippen LogP contribution is -2.23. The van der Waals surface area contributed by atoms with Crippen molar-refractivity contribution in [3.63, 3.8) is 0 Å². The van der Waals surface area contributed by atoms with Crippen LogP contribution in [0.5, 0.6) is 0 Å². The van der Waals surface area contributed by atoms with Gasteiger partial charge in [0.1, 0.15) is 16.7 Å². The van der Waals surface area contributed by atoms with Gasteiger partial charge in [0.25, 0.3) is 5.56 Å². The first-order valence-corrected chi connectivity index (χ1v) is 11.8. The fraction of sp³-hybridized carbons (Fsp3) is 0.400. The molecule has 1 fully saturated rings. The molecule has 0 unspecified atom stereocenters. The van der Waals surface area contributed by atoms with E-state index in [0.717, 1.165) is 42.5 Å². The normalized spacial score (nSPS) is 18.5. The van der Waals surface area contributed by atoms with Crippen LogP contribution in [-0.4, -0.2) is 34.9 Å². The number of pyridine rings is 1. The predicted octanol–water partition coefficient (Wildman–Crippen LogP) is 3.59. The van der Waals surface area contributed by atoms with Gasteiger partial charge in [0, 0.05) is 11.9 Å². The number of anilines is 2. The van der Waals surface area contributed by atoms with Gasteiger partial charge in [-0.05, 0) is 50.5 Å². The summed E-state index contributed by atoms with van der Waals surface area (Å²) in [6, 6.07) is 12.0. The second-order valence-electron chi connectivity index (χ2n) is 9.63. The van der Waals surface area contributed by atoms with E-state index in [2.05, 4.69) is 26.7 Å². The zero-order valence-corrected chi connectivity index (χ0v) is 19.8. The van der Waals surface area contributed by atoms with Crippen LogP contribution in [0, 0.1) is 17.2 Å². The molecule has 10 heteroatoms. The first-order chi connectivity index (χ1) is 16.8. The molecular weight excluding hydrogens is 444 g/mol. The molecule has 10 nitrogen and oxygen atoms in total. The molecule has 3 heterocycles. The summed E-state index contributed by atoms with van der Waals surface area (Å²) in [7, 11) is 0. The number of H-pyrrole nitrogens is 1. The molecule has 0 saturated heterocycles. The molecular formula is C25H28N8O2. The van der Waals surface area contributed by atoms with Crippen LogP contribution in [0.1, 0.15) is 56.8 Å². The zero-order valence-electron chi connectivity index (χ0n) is 19.8. The van der Waals surface area contributed by atoms with Crippen LogP contribution in [0.25, 0.3) is 10.9 Å². The number of aromatic nitrogens is 6. The number of nitrogens with one attached hydrogen (secondary N) is 2. The third-order valence-electron chi connectivity index (χ3n) is 6.57. The number of aromatic amines is 1. The molecule has 1 aromatic carbocycles. The summed E-state index contributed by atoms with van der Waals surface area (Å²) in [4.78, 5) is 15.5. The van der Waals surface area contributed by atoms with Gasteiger partial charge in [0.2, 0.25) is 0 Å². The Hall–Kier alpha value is -3.97. The van der Waals surface area contributed by atoms with Crippen LogP contribution >= 0.6 is 0 Å². The molecule has 0 bridgehead atoms. The van der Waals surface area contributed by atoms with E-state index in [1.165, 1.54) is 0 Å². The van der Waals surface area contributed by atoms with Crippen molar-refractivity contribution in [1.29, 1.82) is 5.26 Å². The minimum absolute atomic E-state index is 0.0487. The van der Waals surface area contributed by atoms with E-state index in [9.17, 15) is 15.2 Å². The van der Waals surface area contributed by atoms with Gasteiger partial charge < -0.3 is 15.4 Å². The highest BCUT2D eigenvalue weighted by molar-refractivity contribution is 5.91. The van der Waals surface area contributed by atoms with Crippen molar-refractivity contribution in [3.05, 3.63) is 64.3 Å². The number of hydrogen-bond donors (Lipinski definition) is 3. The summed E-state index contributed by atoms with van der Waals surface area (Å²) >= 11 is 0. The average molecular weight is 473 g/mol. The Kier molecular flexibility index (Phi) is 5.86. The lowest BCUT2D eigenvalue weighted by Gasteiger charge is -2.27. The van der Waals surface area contributed by atoms with Crippen LogP contribution < -0.4 is 10.9 Å². The van der Waals surface area contributed by atoms with E-state index in [1.54, 1.807) is 30.9 Å². The van der Waals surface area contributed by atoms with Crippen molar-refractivity contribution in [2.75, 3.05) is 5.32 Å². The Labute approximate surface area is 202 Å². The van der Waals surface area contributed by atoms with E-state index in [-0.39, 0.29) is 17.5 Å². The molecule has 4 aromatic rings. The SMILES string of the molecule is CC(C)(O)c1cn(Cc2ccc(Nc3nn([C@H]4CCCC[C@@H]4C#N)c4cc[nH]c(=O)c34)cc2)nn1. The van der Waals surface area contributed by atoms with E-state index in [1.807, 2.05) is 35.0 Å². The maximum atomic E-state index is 12.7. The molecule has 35 heavy (non-hydrogen) atoms. The number of nitriles is 1. The van der Waals surface area contributed by atoms with Gasteiger partial charge in [0.05, 0.1) is 36.3 Å². The summed E-state index contributed by atoms with van der Waals surface area (Å²) in [6.07, 6.45) is 7.16. The second-order valence-corrected chi connectivity index (χ2v) is 9.63. The highest BCUT2D eigenvalue weighted by Gasteiger charge is 2.29. The van der Waals surface area contributed by atoms with Crippen molar-refractivity contribution < 1.29 is 5.11 Å². The number of fused-ring (bicyclic) bond motifs is 1. The van der Waals surface area contributed by atoms with Gasteiger partial charge in [0.15, 0.2) is 5.82 Å². The van der Waals surface area contributed by atoms with Crippen molar-refractivity contribution in [1.82, 2.24) is 29.8 Å². The number of hydrogen-bond acceptors (Lipinski definition) is 7. The van der Waals surface area contributed by atoms with Gasteiger partial charge in [-0.1, -0.05) is 30.2 Å². The third kappa shape index (κ3) is 4.55. The molecule has 2 atom stereocenters. The molecule has 0 spiro atoms. The first-order valence-electron chi connectivity index (χ1n) is 11.8. The van der Waals surface area contributed by atoms with Crippen LogP contribution in [-0.2, 0) is 12.1 Å². The Bertz CT molecular complexity index is 1440. The van der Waals surface area contributed by atoms with Crippen LogP contribution in [0.15, 0.2) is 47.5 Å². The fourth-order valence-electron chi connectivity index (χ4n) is 4.67. The van der Waals surface area contributed by atoms with Crippen LogP contribution in [0.2, 0.25) is 0 Å². The largest absolute Gasteiger partial charge is 0.384 e. The number of benzene rings is 1. The molecule has 0 radical (unpaired) electrons. The zero-order chi connectivity index (χ0) is 24.6. The highest BCUT2D eigenvalue weighted by Crippen LogP contribution is 2.36. The lowest BCUT2D eigenvalue weighted by molar-refractivity contribution is 0.0737. The molecule has 3 N–H and O–H groups in total. The van der Waals surface area contributed by atoms with Gasteiger partial charge in [-0.3, -0.25) is 9.48 Å². The Balaban J connectivity index is 1.40. The lowest BCUT2D eigenvalue weighted by atomic mass is 9.85. The summed E-state index contributed by atoms with van der Waals surface area (Å²) < 4.78 is 3.54. The summed E-state index contributed by atoms with van der Waals surface area (Å²) in [5.41, 5.74) is 1.79. The topological polar surface area (TPSA) is 137 Å². The number of aliphatic hydroxyl groups is 1. The molecule has 0 aliphatic heterocycles. The molecule has 3 aromatic heterocycles. The van der Waals surface area contributed by atoms with Gasteiger partial charge in [-0.2, -0.15) is 10.4 Å². The third-order valence-corrected chi connectivity index (χ3v) is 6.57. The molecule has 1 aliphatic carbocycles. The summed E-state index contributed by atoms with van der Waals surface area (Å²) in [6.45, 7) is 3.86. The Morgan fingerprint density at radius 1 is 1.23 bits per heavy atom. The monoisotopic (exact) mass is 472 g/mol. The molecule has 5 rings (SSSR count). The maximum absolute atomic E-state index is 12.7. The van der Waals surface area contributed by atoms with Gasteiger partial charge >= 0.3 is 0 Å². The number of nitrogens with zero attached hydrogens (tertiary/aromatic N) is 6. The van der Waals surface area contributed by atoms with Gasteiger partial charge in [-0.15, -0.1) is 5.10 Å². The van der Waals surface area contributed by atoms with Crippen LogP contribution in [0.3, 0.4) is 0 Å². The second kappa shape index (κ2) is 9.00. The standard InChI is InChI=1S/C25H28N8O2/c1-25(2,35)21-15-32(31-29-21)14-16-7-9-18(10-8-16)28-23-22-20(11-12-27-24(22)34)33(30-23)19-6-4-3-5-17(19)13-26/h7-12,15,17,19,35H,3-6,14H2,1-2H3,(H,27,34)(H,28,30)/t17-,19+/m1/s1.